The second-order valence-electron chi connectivity index (χ2n) is 18.0. The summed E-state index contributed by atoms with van der Waals surface area (Å²) in [4.78, 5) is 58.6. The Hall–Kier alpha value is -8.61. The number of likely N-dealkylation sites (tertiary alicyclic amines) is 2. The van der Waals surface area contributed by atoms with Gasteiger partial charge in [-0.25, -0.2) is 50.1 Å². The van der Waals surface area contributed by atoms with Crippen molar-refractivity contribution in [1.29, 1.82) is 0 Å². The summed E-state index contributed by atoms with van der Waals surface area (Å²) >= 11 is 0. The van der Waals surface area contributed by atoms with Crippen LogP contribution in [-0.4, -0.2) is 125 Å². The van der Waals surface area contributed by atoms with E-state index in [0.717, 1.165) is 43.9 Å². The fraction of sp³-hybridized carbons (Fsp3) is 0.360. The molecule has 2 saturated carbocycles. The Bertz CT molecular complexity index is 3390. The van der Waals surface area contributed by atoms with Crippen molar-refractivity contribution in [3.8, 4) is 24.2 Å². The number of amides is 4. The van der Waals surface area contributed by atoms with Crippen LogP contribution in [0.4, 0.5) is 42.4 Å². The van der Waals surface area contributed by atoms with Crippen LogP contribution >= 0.6 is 0 Å². The lowest BCUT2D eigenvalue weighted by atomic mass is 10.1. The fourth-order valence-electron chi connectivity index (χ4n) is 9.43. The second kappa shape index (κ2) is 21.5. The van der Waals surface area contributed by atoms with Gasteiger partial charge in [-0.3, -0.25) is 19.2 Å². The summed E-state index contributed by atoms with van der Waals surface area (Å²) in [5.41, 5.74) is 11.1. The third kappa shape index (κ3) is 9.96. The molecule has 6 N–H and O–H groups in total. The minimum Gasteiger partial charge on any atom is -0.373 e. The van der Waals surface area contributed by atoms with Crippen molar-refractivity contribution in [2.45, 2.75) is 74.8 Å². The summed E-state index contributed by atoms with van der Waals surface area (Å²) in [5.74, 6) is -0.0173. The van der Waals surface area contributed by atoms with Gasteiger partial charge in [-0.15, -0.1) is 6.42 Å². The molecular formula is C50H49F7N14O4. The molecule has 392 valence electrons. The summed E-state index contributed by atoms with van der Waals surface area (Å²) in [6, 6.07) is 0.568. The van der Waals surface area contributed by atoms with Gasteiger partial charge < -0.3 is 41.0 Å². The quantitative estimate of drug-likeness (QED) is 0.0501. The normalized spacial score (nSPS) is 18.8. The van der Waals surface area contributed by atoms with Gasteiger partial charge in [0.05, 0.1) is 53.4 Å². The number of aromatic nitrogens is 8. The van der Waals surface area contributed by atoms with E-state index < -0.39 is 83.8 Å². The predicted molar refractivity (Wildman–Crippen MR) is 261 cm³/mol. The Labute approximate surface area is 423 Å². The molecule has 0 radical (unpaired) electrons. The number of rotatable bonds is 12. The van der Waals surface area contributed by atoms with E-state index in [2.05, 4.69) is 61.7 Å². The molecule has 18 nitrogen and oxygen atoms in total. The number of hydrogen-bond acceptors (Lipinski definition) is 10. The van der Waals surface area contributed by atoms with Gasteiger partial charge in [-0.1, -0.05) is 19.1 Å². The average molecular weight is 1040 g/mol. The molecule has 0 unspecified atom stereocenters. The number of primary amides is 2. The molecular weight excluding hydrogens is 994 g/mol. The molecule has 0 spiro atoms. The van der Waals surface area contributed by atoms with Crippen LogP contribution in [0, 0.1) is 53.3 Å². The second-order valence-corrected chi connectivity index (χ2v) is 18.0. The van der Waals surface area contributed by atoms with Gasteiger partial charge in [0.1, 0.15) is 58.7 Å². The van der Waals surface area contributed by atoms with E-state index >= 15 is 4.39 Å². The molecule has 4 aliphatic rings. The molecule has 10 rings (SSSR count). The van der Waals surface area contributed by atoms with Gasteiger partial charge in [-0.2, -0.15) is 10.2 Å². The Morgan fingerprint density at radius 3 is 1.53 bits per heavy atom. The number of carbonyl (C=O) groups is 4. The van der Waals surface area contributed by atoms with Crippen LogP contribution in [-0.2, 0) is 9.59 Å². The van der Waals surface area contributed by atoms with E-state index in [1.54, 1.807) is 16.2 Å². The monoisotopic (exact) mass is 1040 g/mol. The van der Waals surface area contributed by atoms with E-state index in [9.17, 15) is 45.5 Å². The molecule has 75 heavy (non-hydrogen) atoms. The largest absolute Gasteiger partial charge is 0.373 e. The fourth-order valence-corrected chi connectivity index (χ4v) is 9.43. The first kappa shape index (κ1) is 52.7. The number of hydrogen-bond donors (Lipinski definition) is 4. The Morgan fingerprint density at radius 1 is 0.680 bits per heavy atom. The highest BCUT2D eigenvalue weighted by atomic mass is 19.2. The van der Waals surface area contributed by atoms with Gasteiger partial charge >= 0.3 is 0 Å². The maximum absolute atomic E-state index is 15.2. The predicted octanol–water partition coefficient (Wildman–Crippen LogP) is 5.77. The lowest BCUT2D eigenvalue weighted by Gasteiger charge is -2.20. The molecule has 4 amide bonds. The van der Waals surface area contributed by atoms with Crippen LogP contribution in [0.2, 0.25) is 0 Å². The zero-order chi connectivity index (χ0) is 54.2. The van der Waals surface area contributed by atoms with Crippen molar-refractivity contribution < 1.29 is 49.9 Å². The number of carbonyl (C=O) groups excluding carboxylic acids is 4. The third-order valence-corrected chi connectivity index (χ3v) is 13.3. The van der Waals surface area contributed by atoms with Gasteiger partial charge in [-0.05, 0) is 62.5 Å². The molecule has 2 aliphatic carbocycles. The Balaban J connectivity index is 0.000000166. The van der Waals surface area contributed by atoms with Crippen molar-refractivity contribution >= 4 is 57.3 Å². The number of benzene rings is 2. The SMILES string of the molecule is C#Cc1nn([C@H]2C[C@@H](CF)N(C(=O)C=C)C2)c(NC)c1C(N)=O.C=CC(=O)N1C[C@@H](n2nc(C#Cc3c(F)cc4c(ncn4C4CC4)c3F)c(C(N)=O)c2NC)C[C@H]1CF.Fc1cc2c(ncn2C2CC2)c(F)c1F. The highest BCUT2D eigenvalue weighted by Crippen LogP contribution is 2.40. The number of fused-ring (bicyclic) bond motifs is 2. The lowest BCUT2D eigenvalue weighted by Crippen LogP contribution is -2.35. The molecule has 6 aromatic rings. The van der Waals surface area contributed by atoms with Crippen LogP contribution in [0.15, 0.2) is 50.1 Å². The zero-order valence-electron chi connectivity index (χ0n) is 40.4. The van der Waals surface area contributed by atoms with E-state index in [-0.39, 0.29) is 82.9 Å². The van der Waals surface area contributed by atoms with Crippen LogP contribution in [0.25, 0.3) is 22.1 Å². The minimum absolute atomic E-state index is 0.00404. The van der Waals surface area contributed by atoms with Gasteiger partial charge in [0.15, 0.2) is 29.0 Å². The Morgan fingerprint density at radius 2 is 1.12 bits per heavy atom. The highest BCUT2D eigenvalue weighted by molar-refractivity contribution is 6.01. The van der Waals surface area contributed by atoms with Crippen molar-refractivity contribution in [2.24, 2.45) is 11.5 Å². The smallest absolute Gasteiger partial charge is 0.255 e. The first-order valence-corrected chi connectivity index (χ1v) is 23.5. The molecule has 6 heterocycles. The van der Waals surface area contributed by atoms with E-state index in [1.165, 1.54) is 44.9 Å². The topological polar surface area (TPSA) is 222 Å². The molecule has 2 saturated heterocycles. The number of halogens is 7. The average Bonchev–Trinajstić information content (AvgIpc) is 4.02. The molecule has 4 aromatic heterocycles. The summed E-state index contributed by atoms with van der Waals surface area (Å²) in [6.45, 7) is 5.80. The molecule has 4 fully saturated rings. The third-order valence-electron chi connectivity index (χ3n) is 13.3. The summed E-state index contributed by atoms with van der Waals surface area (Å²) < 4.78 is 102. The van der Waals surface area contributed by atoms with Crippen LogP contribution in [0.5, 0.6) is 0 Å². The van der Waals surface area contributed by atoms with Gasteiger partial charge in [0.25, 0.3) is 11.8 Å². The van der Waals surface area contributed by atoms with E-state index in [0.29, 0.717) is 23.3 Å². The lowest BCUT2D eigenvalue weighted by molar-refractivity contribution is -0.127. The summed E-state index contributed by atoms with van der Waals surface area (Å²) in [5, 5.41) is 14.3. The van der Waals surface area contributed by atoms with Crippen molar-refractivity contribution in [2.75, 3.05) is 51.2 Å². The Kier molecular flexibility index (Phi) is 15.1. The summed E-state index contributed by atoms with van der Waals surface area (Å²) in [7, 11) is 3.14. The maximum atomic E-state index is 15.2. The highest BCUT2D eigenvalue weighted by Gasteiger charge is 2.40. The van der Waals surface area contributed by atoms with Gasteiger partial charge in [0.2, 0.25) is 11.8 Å². The molecule has 2 aromatic carbocycles. The molecule has 25 heteroatoms. The number of nitrogens with zero attached hydrogens (tertiary/aromatic N) is 10. The van der Waals surface area contributed by atoms with Crippen molar-refractivity contribution in [3.63, 3.8) is 0 Å². The van der Waals surface area contributed by atoms with Crippen LogP contribution in [0.1, 0.15) is 100 Å². The van der Waals surface area contributed by atoms with Crippen molar-refractivity contribution in [3.05, 3.63) is 107 Å². The number of imidazole rings is 2. The zero-order valence-corrected chi connectivity index (χ0v) is 40.4. The number of alkyl halides is 2. The van der Waals surface area contributed by atoms with Crippen LogP contribution in [0.3, 0.4) is 0 Å². The minimum atomic E-state index is -1.46. The number of nitrogens with two attached hydrogens (primary N) is 2. The first-order chi connectivity index (χ1) is 35.9. The molecule has 4 atom stereocenters. The van der Waals surface area contributed by atoms with E-state index in [4.69, 9.17) is 17.9 Å². The van der Waals surface area contributed by atoms with Gasteiger partial charge in [0, 0.05) is 51.4 Å². The maximum Gasteiger partial charge on any atom is 0.255 e. The number of terminal acetylenes is 1. The summed E-state index contributed by atoms with van der Waals surface area (Å²) in [6.07, 6.45) is 14.9. The number of anilines is 2. The number of nitrogens with one attached hydrogen (secondary N) is 2. The van der Waals surface area contributed by atoms with E-state index in [1.807, 2.05) is 0 Å². The standard InChI is InChI=1S/C25H24F3N7O2.C15H18FN5O2.C10H7F3N2/c1-3-20(36)33-11-15(8-14(33)10-26)35-25(30-2)21(24(29)37)18(32-35)7-6-16-17(27)9-19-23(22(16)28)31-12-34(19)13-4-5-13;1-4-11-13(14(17)23)15(18-3)21(19-11)10-6-9(7-16)20(8-10)12(22)5-2;11-6-3-7-10(9(13)8(6)12)14-4-15(7)5-1-2-5/h3,9,12-15,30H,1,4-5,8,10-11H2,2H3,(H2,29,37);1,5,9-10,18H,2,6-8H2,3H3,(H2,17,23);3-5H,1-2H2/t14-,15-;9-,10-;/m00./s1. The molecule has 2 aliphatic heterocycles. The van der Waals surface area contributed by atoms with Crippen molar-refractivity contribution in [1.82, 2.24) is 48.5 Å². The van der Waals surface area contributed by atoms with Crippen LogP contribution < -0.4 is 22.1 Å². The first-order valence-electron chi connectivity index (χ1n) is 23.5. The molecule has 0 bridgehead atoms.